The van der Waals surface area contributed by atoms with Crippen LogP contribution in [0, 0.1) is 0 Å². The van der Waals surface area contributed by atoms with Crippen molar-refractivity contribution in [3.05, 3.63) is 0 Å². The van der Waals surface area contributed by atoms with Gasteiger partial charge in [0.1, 0.15) is 0 Å². The normalized spacial score (nSPS) is 15.0. The van der Waals surface area contributed by atoms with Crippen LogP contribution in [0.25, 0.3) is 0 Å². The number of hydrogen-bond acceptors (Lipinski definition) is 2. The summed E-state index contributed by atoms with van der Waals surface area (Å²) in [7, 11) is -0.107. The van der Waals surface area contributed by atoms with Crippen molar-refractivity contribution in [3.63, 3.8) is 0 Å². The highest BCUT2D eigenvalue weighted by Gasteiger charge is 2.81. The van der Waals surface area contributed by atoms with E-state index in [2.05, 4.69) is 9.05 Å². The van der Waals surface area contributed by atoms with E-state index >= 15 is 0 Å². The van der Waals surface area contributed by atoms with Crippen molar-refractivity contribution in [2.45, 2.75) is 30.4 Å². The lowest BCUT2D eigenvalue weighted by atomic mass is 10.0. The van der Waals surface area contributed by atoms with Crippen LogP contribution in [0.15, 0.2) is 0 Å². The average molecular weight is 340 g/mol. The van der Waals surface area contributed by atoms with Gasteiger partial charge in [0.2, 0.25) is 0 Å². The molecule has 0 atom stereocenters. The molecule has 0 bridgehead atoms. The van der Waals surface area contributed by atoms with Crippen LogP contribution < -0.4 is 0 Å². The molecule has 0 heterocycles. The summed E-state index contributed by atoms with van der Waals surface area (Å²) in [4.78, 5) is 0. The zero-order valence-electron chi connectivity index (χ0n) is 10.1. The topological polar surface area (TPSA) is 18.5 Å². The molecule has 0 aliphatic carbocycles. The van der Waals surface area contributed by atoms with Crippen LogP contribution in [0.5, 0.6) is 0 Å². The van der Waals surface area contributed by atoms with Crippen LogP contribution in [0.4, 0.5) is 39.5 Å². The van der Waals surface area contributed by atoms with Gasteiger partial charge in [-0.25, -0.2) is 0 Å². The Hall–Kier alpha value is -0.280. The second-order valence-electron chi connectivity index (χ2n) is 3.52. The van der Waals surface area contributed by atoms with E-state index in [1.54, 1.807) is 0 Å². The molecule has 2 nitrogen and oxygen atoms in total. The van der Waals surface area contributed by atoms with E-state index < -0.39 is 44.9 Å². The zero-order valence-corrected chi connectivity index (χ0v) is 11.0. The van der Waals surface area contributed by atoms with E-state index in [1.165, 1.54) is 0 Å². The van der Waals surface area contributed by atoms with Gasteiger partial charge in [0.25, 0.3) is 0 Å². The summed E-state index contributed by atoms with van der Waals surface area (Å²) >= 11 is 0. The van der Waals surface area contributed by atoms with Gasteiger partial charge in [0, 0.05) is 26.8 Å². The van der Waals surface area contributed by atoms with Crippen molar-refractivity contribution in [2.75, 3.05) is 20.4 Å². The molecule has 0 aliphatic heterocycles. The minimum absolute atomic E-state index is 0.932. The van der Waals surface area contributed by atoms with Gasteiger partial charge in [-0.15, -0.1) is 0 Å². The van der Waals surface area contributed by atoms with Crippen LogP contribution in [0.3, 0.4) is 0 Å². The van der Waals surface area contributed by atoms with E-state index in [4.69, 9.17) is 0 Å². The smallest absolute Gasteiger partial charge is 0.337 e. The first-order chi connectivity index (χ1) is 8.74. The van der Waals surface area contributed by atoms with Crippen molar-refractivity contribution in [1.29, 1.82) is 0 Å². The first kappa shape index (κ1) is 19.7. The summed E-state index contributed by atoms with van der Waals surface area (Å²) in [6, 6.07) is 0. The molecule has 0 rings (SSSR count). The monoisotopic (exact) mass is 340 g/mol. The van der Waals surface area contributed by atoms with E-state index in [0.717, 1.165) is 14.2 Å². The summed E-state index contributed by atoms with van der Waals surface area (Å²) in [5, 5.41) is 0. The van der Waals surface area contributed by atoms with Gasteiger partial charge in [-0.05, 0) is 0 Å². The molecule has 0 aromatic heterocycles. The molecule has 0 radical (unpaired) electrons. The maximum absolute atomic E-state index is 13.0. The fourth-order valence-electron chi connectivity index (χ4n) is 1.05. The Morgan fingerprint density at radius 2 is 1.15 bits per heavy atom. The lowest BCUT2D eigenvalue weighted by molar-refractivity contribution is -0.396. The van der Waals surface area contributed by atoms with Gasteiger partial charge in [-0.1, -0.05) is 0 Å². The van der Waals surface area contributed by atoms with Gasteiger partial charge in [-0.2, -0.15) is 39.5 Å². The number of hydrogen-bond donors (Lipinski definition) is 0. The maximum atomic E-state index is 13.0. The maximum Gasteiger partial charge on any atom is 0.460 e. The molecule has 0 saturated carbocycles. The Morgan fingerprint density at radius 3 is 1.45 bits per heavy atom. The third-order valence-electron chi connectivity index (χ3n) is 2.23. The van der Waals surface area contributed by atoms with Crippen LogP contribution in [-0.4, -0.2) is 44.3 Å². The van der Waals surface area contributed by atoms with Gasteiger partial charge in [0.15, 0.2) is 8.38 Å². The minimum atomic E-state index is -6.85. The van der Waals surface area contributed by atoms with Crippen molar-refractivity contribution >= 4 is 8.38 Å². The molecule has 0 spiro atoms. The fraction of sp³-hybridized carbons (Fsp3) is 1.00. The van der Waals surface area contributed by atoms with Gasteiger partial charge in [-0.3, -0.25) is 0 Å². The fourth-order valence-corrected chi connectivity index (χ4v) is 2.03. The highest BCUT2D eigenvalue weighted by atomic mass is 31.2. The molecule has 12 heteroatoms. The summed E-state index contributed by atoms with van der Waals surface area (Å²) < 4.78 is 121. The molecule has 0 N–H and O–H groups in total. The van der Waals surface area contributed by atoms with Crippen molar-refractivity contribution in [3.8, 4) is 0 Å². The highest BCUT2D eigenvalue weighted by molar-refractivity contribution is 7.47. The summed E-state index contributed by atoms with van der Waals surface area (Å²) in [5.74, 6) is -19.0. The molecule has 0 amide bonds. The molecule has 122 valence electrons. The second kappa shape index (κ2) is 6.23. The standard InChI is InChI=1S/C8H10F9O2P/c1-18-20(19-2)4-3-5(9,10)6(11,12)7(13,14)8(15,16)17/h3-4H2,1-2H3. The molecule has 0 aromatic carbocycles. The number of rotatable bonds is 7. The summed E-state index contributed by atoms with van der Waals surface area (Å²) in [5.41, 5.74) is 0. The molecule has 20 heavy (non-hydrogen) atoms. The van der Waals surface area contributed by atoms with E-state index in [1.807, 2.05) is 0 Å². The first-order valence-electron chi connectivity index (χ1n) is 4.80. The molecule has 0 saturated heterocycles. The SMILES string of the molecule is COP(CCC(F)(F)C(F)(F)C(F)(F)C(F)(F)F)OC. The average Bonchev–Trinajstić information content (AvgIpc) is 2.28. The molecule has 0 fully saturated rings. The Bertz CT molecular complexity index is 314. The van der Waals surface area contributed by atoms with Crippen LogP contribution >= 0.6 is 8.38 Å². The van der Waals surface area contributed by atoms with E-state index in [-0.39, 0.29) is 0 Å². The quantitative estimate of drug-likeness (QED) is 0.504. The zero-order chi connectivity index (χ0) is 16.4. The Morgan fingerprint density at radius 1 is 0.750 bits per heavy atom. The van der Waals surface area contributed by atoms with Crippen molar-refractivity contribution in [1.82, 2.24) is 0 Å². The predicted molar refractivity (Wildman–Crippen MR) is 51.3 cm³/mol. The van der Waals surface area contributed by atoms with Gasteiger partial charge in [0.05, 0.1) is 0 Å². The van der Waals surface area contributed by atoms with Crippen LogP contribution in [0.2, 0.25) is 0 Å². The number of alkyl halides is 9. The Kier molecular flexibility index (Phi) is 6.14. The van der Waals surface area contributed by atoms with Gasteiger partial charge >= 0.3 is 23.9 Å². The Balaban J connectivity index is 5.16. The third kappa shape index (κ3) is 3.67. The molecule has 0 unspecified atom stereocenters. The lowest BCUT2D eigenvalue weighted by Crippen LogP contribution is -2.60. The minimum Gasteiger partial charge on any atom is -0.337 e. The highest BCUT2D eigenvalue weighted by Crippen LogP contribution is 2.55. The molecular weight excluding hydrogens is 330 g/mol. The summed E-state index contributed by atoms with van der Waals surface area (Å²) in [6.45, 7) is 0. The third-order valence-corrected chi connectivity index (χ3v) is 3.63. The summed E-state index contributed by atoms with van der Waals surface area (Å²) in [6.07, 6.45) is -9.68. The predicted octanol–water partition coefficient (Wildman–Crippen LogP) is 4.45. The van der Waals surface area contributed by atoms with Crippen LogP contribution in [0.1, 0.15) is 6.42 Å². The molecule has 0 aliphatic rings. The number of halogens is 9. The largest absolute Gasteiger partial charge is 0.460 e. The van der Waals surface area contributed by atoms with Crippen molar-refractivity contribution < 1.29 is 48.6 Å². The molecular formula is C8H10F9O2P. The first-order valence-corrected chi connectivity index (χ1v) is 6.17. The Labute approximate surface area is 109 Å². The van der Waals surface area contributed by atoms with Crippen LogP contribution in [-0.2, 0) is 9.05 Å². The second-order valence-corrected chi connectivity index (χ2v) is 5.37. The van der Waals surface area contributed by atoms with Crippen molar-refractivity contribution in [2.24, 2.45) is 0 Å². The van der Waals surface area contributed by atoms with E-state index in [0.29, 0.717) is 0 Å². The van der Waals surface area contributed by atoms with E-state index in [9.17, 15) is 39.5 Å². The molecule has 0 aromatic rings. The lowest BCUT2D eigenvalue weighted by Gasteiger charge is -2.33. The van der Waals surface area contributed by atoms with Gasteiger partial charge < -0.3 is 9.05 Å².